The maximum Gasteiger partial charge on any atom is 0.463 e. The van der Waals surface area contributed by atoms with E-state index >= 15 is 0 Å². The Morgan fingerprint density at radius 1 is 0.486 bits per heavy atom. The Bertz CT molecular complexity index is 696. The van der Waals surface area contributed by atoms with E-state index in [-0.39, 0.29) is 0 Å². The first-order valence-corrected chi connectivity index (χ1v) is 16.2. The Kier molecular flexibility index (Phi) is 19.2. The fourth-order valence-electron chi connectivity index (χ4n) is 4.47. The number of benzene rings is 2. The topological polar surface area (TPSA) is 27.7 Å². The molecule has 2 aromatic rings. The van der Waals surface area contributed by atoms with Gasteiger partial charge in [0.2, 0.25) is 0 Å². The fraction of sp³-hybridized carbons (Fsp3) is 0.636. The van der Waals surface area contributed by atoms with Gasteiger partial charge in [-0.2, -0.15) is 0 Å². The molecule has 208 valence electrons. The minimum Gasteiger partial charge on any atom is -0.418 e. The van der Waals surface area contributed by atoms with Crippen molar-refractivity contribution in [1.29, 1.82) is 0 Å². The molecule has 2 rings (SSSR count). The van der Waals surface area contributed by atoms with Gasteiger partial charge < -0.3 is 9.05 Å². The molecule has 0 bridgehead atoms. The van der Waals surface area contributed by atoms with E-state index < -0.39 is 8.60 Å². The van der Waals surface area contributed by atoms with Gasteiger partial charge in [-0.05, 0) is 36.6 Å². The fourth-order valence-corrected chi connectivity index (χ4v) is 5.48. The van der Waals surface area contributed by atoms with E-state index in [0.717, 1.165) is 23.8 Å². The summed E-state index contributed by atoms with van der Waals surface area (Å²) in [5.41, 5.74) is 0. The van der Waals surface area contributed by atoms with Crippen LogP contribution in [0.2, 0.25) is 0 Å². The molecule has 0 heterocycles. The van der Waals surface area contributed by atoms with Crippen LogP contribution < -0.4 is 9.05 Å². The van der Waals surface area contributed by atoms with E-state index in [4.69, 9.17) is 13.6 Å². The first-order valence-electron chi connectivity index (χ1n) is 15.1. The molecular weight excluding hydrogens is 475 g/mol. The molecule has 0 atom stereocenters. The van der Waals surface area contributed by atoms with Crippen molar-refractivity contribution in [2.24, 2.45) is 5.92 Å². The quantitative estimate of drug-likeness (QED) is 0.100. The highest BCUT2D eigenvalue weighted by atomic mass is 31.2. The van der Waals surface area contributed by atoms with Crippen molar-refractivity contribution in [1.82, 2.24) is 0 Å². The summed E-state index contributed by atoms with van der Waals surface area (Å²) >= 11 is 0. The third-order valence-electron chi connectivity index (χ3n) is 6.72. The minimum atomic E-state index is -1.46. The van der Waals surface area contributed by atoms with Gasteiger partial charge in [0.25, 0.3) is 0 Å². The lowest BCUT2D eigenvalue weighted by Crippen LogP contribution is -2.01. The summed E-state index contributed by atoms with van der Waals surface area (Å²) in [6.45, 7) is 5.34. The van der Waals surface area contributed by atoms with Gasteiger partial charge in [0.15, 0.2) is 0 Å². The van der Waals surface area contributed by atoms with Crippen molar-refractivity contribution in [3.63, 3.8) is 0 Å². The van der Waals surface area contributed by atoms with Crippen LogP contribution >= 0.6 is 8.60 Å². The zero-order valence-electron chi connectivity index (χ0n) is 23.8. The smallest absolute Gasteiger partial charge is 0.418 e. The molecule has 37 heavy (non-hydrogen) atoms. The summed E-state index contributed by atoms with van der Waals surface area (Å²) in [5.74, 6) is 2.43. The van der Waals surface area contributed by atoms with Crippen molar-refractivity contribution in [3.8, 4) is 11.5 Å². The molecular formula is C33H53O3P. The van der Waals surface area contributed by atoms with Crippen LogP contribution in [-0.4, -0.2) is 6.61 Å². The monoisotopic (exact) mass is 528 g/mol. The van der Waals surface area contributed by atoms with Gasteiger partial charge in [0.1, 0.15) is 11.5 Å². The molecule has 0 amide bonds. The largest absolute Gasteiger partial charge is 0.463 e. The van der Waals surface area contributed by atoms with Crippen LogP contribution in [0.4, 0.5) is 0 Å². The molecule has 0 N–H and O–H groups in total. The van der Waals surface area contributed by atoms with Gasteiger partial charge >= 0.3 is 8.60 Å². The van der Waals surface area contributed by atoms with Crippen LogP contribution in [0.5, 0.6) is 11.5 Å². The highest BCUT2D eigenvalue weighted by Gasteiger charge is 2.16. The van der Waals surface area contributed by atoms with Crippen LogP contribution in [0.1, 0.15) is 123 Å². The summed E-state index contributed by atoms with van der Waals surface area (Å²) < 4.78 is 18.0. The van der Waals surface area contributed by atoms with E-state index in [0.29, 0.717) is 6.61 Å². The van der Waals surface area contributed by atoms with Crippen LogP contribution in [0, 0.1) is 5.92 Å². The van der Waals surface area contributed by atoms with E-state index in [2.05, 4.69) is 13.8 Å². The van der Waals surface area contributed by atoms with Gasteiger partial charge in [0, 0.05) is 0 Å². The third-order valence-corrected chi connectivity index (χ3v) is 7.83. The molecule has 3 nitrogen and oxygen atoms in total. The van der Waals surface area contributed by atoms with E-state index in [9.17, 15) is 0 Å². The average Bonchev–Trinajstić information content (AvgIpc) is 2.91. The summed E-state index contributed by atoms with van der Waals surface area (Å²) in [6.07, 6.45) is 23.4. The SMILES string of the molecule is CC(C)CCCCCCCCCCCCCCCCCCOP(Oc1ccccc1)Oc1ccccc1. The molecule has 0 saturated heterocycles. The summed E-state index contributed by atoms with van der Waals surface area (Å²) in [4.78, 5) is 0. The Labute approximate surface area is 229 Å². The minimum absolute atomic E-state index is 0.670. The predicted molar refractivity (Wildman–Crippen MR) is 160 cm³/mol. The van der Waals surface area contributed by atoms with Crippen molar-refractivity contribution in [3.05, 3.63) is 60.7 Å². The molecule has 0 saturated carbocycles. The van der Waals surface area contributed by atoms with Crippen LogP contribution in [0.15, 0.2) is 60.7 Å². The molecule has 0 aliphatic heterocycles. The van der Waals surface area contributed by atoms with Gasteiger partial charge in [-0.1, -0.05) is 153 Å². The van der Waals surface area contributed by atoms with Crippen molar-refractivity contribution >= 4 is 8.60 Å². The molecule has 0 aromatic heterocycles. The highest BCUT2D eigenvalue weighted by molar-refractivity contribution is 7.42. The third kappa shape index (κ3) is 18.3. The summed E-state index contributed by atoms with van der Waals surface area (Å²) in [5, 5.41) is 0. The Morgan fingerprint density at radius 2 is 0.838 bits per heavy atom. The van der Waals surface area contributed by atoms with Crippen LogP contribution in [0.25, 0.3) is 0 Å². The number of unbranched alkanes of at least 4 members (excludes halogenated alkanes) is 15. The van der Waals surface area contributed by atoms with Gasteiger partial charge in [-0.3, -0.25) is 4.52 Å². The summed E-state index contributed by atoms with van der Waals surface area (Å²) in [7, 11) is -1.46. The van der Waals surface area contributed by atoms with Crippen LogP contribution in [-0.2, 0) is 4.52 Å². The first-order chi connectivity index (χ1) is 18.2. The molecule has 0 radical (unpaired) electrons. The first kappa shape index (κ1) is 31.6. The Balaban J connectivity index is 1.39. The lowest BCUT2D eigenvalue weighted by Gasteiger charge is -2.17. The van der Waals surface area contributed by atoms with E-state index in [1.807, 2.05) is 60.7 Å². The maximum atomic E-state index is 6.00. The standard InChI is InChI=1S/C33H53O3P/c1-31(2)25-19-15-13-11-9-7-5-3-4-6-8-10-12-14-16-24-30-34-37(35-32-26-20-17-21-27-32)36-33-28-22-18-23-29-33/h17-18,20-23,26-29,31H,3-16,19,24-25,30H2,1-2H3. The maximum absolute atomic E-state index is 6.00. The highest BCUT2D eigenvalue weighted by Crippen LogP contribution is 2.41. The lowest BCUT2D eigenvalue weighted by molar-refractivity contribution is 0.258. The lowest BCUT2D eigenvalue weighted by atomic mass is 10.0. The Morgan fingerprint density at radius 3 is 1.22 bits per heavy atom. The second-order valence-electron chi connectivity index (χ2n) is 10.7. The molecule has 4 heteroatoms. The number of para-hydroxylation sites is 2. The van der Waals surface area contributed by atoms with Gasteiger partial charge in [-0.25, -0.2) is 0 Å². The van der Waals surface area contributed by atoms with Gasteiger partial charge in [-0.15, -0.1) is 0 Å². The van der Waals surface area contributed by atoms with Crippen molar-refractivity contribution in [2.45, 2.75) is 123 Å². The van der Waals surface area contributed by atoms with Gasteiger partial charge in [0.05, 0.1) is 6.61 Å². The molecule has 0 fully saturated rings. The molecule has 0 aliphatic rings. The zero-order valence-corrected chi connectivity index (χ0v) is 24.6. The van der Waals surface area contributed by atoms with Crippen molar-refractivity contribution in [2.75, 3.05) is 6.61 Å². The van der Waals surface area contributed by atoms with E-state index in [1.165, 1.54) is 103 Å². The normalized spacial score (nSPS) is 11.4. The second-order valence-corrected chi connectivity index (χ2v) is 11.8. The predicted octanol–water partition coefficient (Wildman–Crippen LogP) is 11.7. The number of hydrogen-bond acceptors (Lipinski definition) is 3. The second kappa shape index (κ2) is 22.4. The van der Waals surface area contributed by atoms with Crippen LogP contribution in [0.3, 0.4) is 0 Å². The summed E-state index contributed by atoms with van der Waals surface area (Å²) in [6, 6.07) is 19.5. The average molecular weight is 529 g/mol. The Hall–Kier alpha value is -1.57. The molecule has 0 aliphatic carbocycles. The molecule has 2 aromatic carbocycles. The molecule has 0 unspecified atom stereocenters. The van der Waals surface area contributed by atoms with Crippen molar-refractivity contribution < 1.29 is 13.6 Å². The number of hydrogen-bond donors (Lipinski definition) is 0. The number of rotatable bonds is 24. The zero-order chi connectivity index (χ0) is 26.2. The van der Waals surface area contributed by atoms with E-state index in [1.54, 1.807) is 0 Å². The molecule has 0 spiro atoms.